The Morgan fingerprint density at radius 2 is 1.84 bits per heavy atom. The van der Waals surface area contributed by atoms with Gasteiger partial charge in [-0.2, -0.15) is 0 Å². The van der Waals surface area contributed by atoms with Gasteiger partial charge in [-0.05, 0) is 37.6 Å². The summed E-state index contributed by atoms with van der Waals surface area (Å²) < 4.78 is 5.72. The van der Waals surface area contributed by atoms with E-state index >= 15 is 0 Å². The number of hydrogen-bond donors (Lipinski definition) is 1. The zero-order valence-corrected chi connectivity index (χ0v) is 11.9. The first kappa shape index (κ1) is 13.8. The third-order valence-electron chi connectivity index (χ3n) is 2.62. The van der Waals surface area contributed by atoms with E-state index in [2.05, 4.69) is 19.2 Å². The average molecular weight is 276 g/mol. The highest BCUT2D eigenvalue weighted by Gasteiger charge is 2.04. The first-order valence-electron chi connectivity index (χ1n) is 6.38. The minimum atomic E-state index is 0.382. The summed E-state index contributed by atoms with van der Waals surface area (Å²) in [6.45, 7) is 4.71. The zero-order valence-electron chi connectivity index (χ0n) is 11.2. The maximum Gasteiger partial charge on any atom is 0.138 e. The molecule has 0 spiro atoms. The molecule has 0 aliphatic carbocycles. The van der Waals surface area contributed by atoms with Crippen LogP contribution in [0.3, 0.4) is 0 Å². The lowest BCUT2D eigenvalue weighted by Gasteiger charge is -2.13. The summed E-state index contributed by atoms with van der Waals surface area (Å²) in [4.78, 5) is 0. The van der Waals surface area contributed by atoms with E-state index in [9.17, 15) is 0 Å². The van der Waals surface area contributed by atoms with Crippen molar-refractivity contribution in [2.45, 2.75) is 26.5 Å². The number of ether oxygens (including phenoxy) is 1. The van der Waals surface area contributed by atoms with Crippen molar-refractivity contribution in [1.82, 2.24) is 0 Å². The second kappa shape index (κ2) is 6.48. The molecule has 0 amide bonds. The molecule has 0 saturated heterocycles. The average Bonchev–Trinajstić information content (AvgIpc) is 2.38. The Kier molecular flexibility index (Phi) is 4.69. The van der Waals surface area contributed by atoms with Crippen LogP contribution in [0, 0.1) is 0 Å². The normalized spacial score (nSPS) is 10.5. The summed E-state index contributed by atoms with van der Waals surface area (Å²) >= 11 is 6.21. The highest BCUT2D eigenvalue weighted by atomic mass is 35.5. The molecular weight excluding hydrogens is 258 g/mol. The van der Waals surface area contributed by atoms with Crippen LogP contribution in [0.25, 0.3) is 0 Å². The van der Waals surface area contributed by atoms with Crippen molar-refractivity contribution < 1.29 is 4.74 Å². The van der Waals surface area contributed by atoms with Gasteiger partial charge in [0.2, 0.25) is 0 Å². The van der Waals surface area contributed by atoms with E-state index in [0.29, 0.717) is 23.4 Å². The fraction of sp³-hybridized carbons (Fsp3) is 0.250. The molecule has 19 heavy (non-hydrogen) atoms. The first-order valence-corrected chi connectivity index (χ1v) is 6.76. The Morgan fingerprint density at radius 1 is 1.11 bits per heavy atom. The Balaban J connectivity index is 2.01. The minimum absolute atomic E-state index is 0.382. The fourth-order valence-electron chi connectivity index (χ4n) is 1.78. The molecule has 100 valence electrons. The van der Waals surface area contributed by atoms with E-state index in [1.165, 1.54) is 0 Å². The van der Waals surface area contributed by atoms with Gasteiger partial charge in [0.1, 0.15) is 12.4 Å². The SMILES string of the molecule is CC(C)Nc1ccc(OCc2ccccc2)c(Cl)c1. The van der Waals surface area contributed by atoms with Gasteiger partial charge < -0.3 is 10.1 Å². The van der Waals surface area contributed by atoms with Crippen LogP contribution in [0.2, 0.25) is 5.02 Å². The van der Waals surface area contributed by atoms with E-state index in [-0.39, 0.29) is 0 Å². The number of nitrogens with one attached hydrogen (secondary N) is 1. The van der Waals surface area contributed by atoms with Crippen molar-refractivity contribution >= 4 is 17.3 Å². The molecule has 0 aromatic heterocycles. The summed E-state index contributed by atoms with van der Waals surface area (Å²) in [5, 5.41) is 3.93. The fourth-order valence-corrected chi connectivity index (χ4v) is 2.01. The molecular formula is C16H18ClNO. The smallest absolute Gasteiger partial charge is 0.138 e. The first-order chi connectivity index (χ1) is 9.15. The lowest BCUT2D eigenvalue weighted by atomic mass is 10.2. The van der Waals surface area contributed by atoms with E-state index < -0.39 is 0 Å². The number of hydrogen-bond acceptors (Lipinski definition) is 2. The van der Waals surface area contributed by atoms with Gasteiger partial charge in [0.25, 0.3) is 0 Å². The molecule has 0 aliphatic rings. The largest absolute Gasteiger partial charge is 0.487 e. The van der Waals surface area contributed by atoms with E-state index in [1.54, 1.807) is 0 Å². The molecule has 2 nitrogen and oxygen atoms in total. The Morgan fingerprint density at radius 3 is 2.47 bits per heavy atom. The lowest BCUT2D eigenvalue weighted by Crippen LogP contribution is -2.09. The summed E-state index contributed by atoms with van der Waals surface area (Å²) in [6, 6.07) is 16.2. The predicted octanol–water partition coefficient (Wildman–Crippen LogP) is 4.74. The molecule has 0 fully saturated rings. The maximum absolute atomic E-state index is 6.21. The summed E-state index contributed by atoms with van der Waals surface area (Å²) in [5.41, 5.74) is 2.13. The summed E-state index contributed by atoms with van der Waals surface area (Å²) in [5.74, 6) is 0.708. The molecule has 2 rings (SSSR count). The highest BCUT2D eigenvalue weighted by molar-refractivity contribution is 6.32. The molecule has 0 aliphatic heterocycles. The van der Waals surface area contributed by atoms with Crippen LogP contribution in [0.15, 0.2) is 48.5 Å². The van der Waals surface area contributed by atoms with Gasteiger partial charge in [-0.1, -0.05) is 41.9 Å². The number of benzene rings is 2. The van der Waals surface area contributed by atoms with Crippen molar-refractivity contribution in [3.63, 3.8) is 0 Å². The van der Waals surface area contributed by atoms with Crippen molar-refractivity contribution in [2.75, 3.05) is 5.32 Å². The van der Waals surface area contributed by atoms with Crippen molar-refractivity contribution in [1.29, 1.82) is 0 Å². The minimum Gasteiger partial charge on any atom is -0.487 e. The van der Waals surface area contributed by atoms with E-state index in [0.717, 1.165) is 11.3 Å². The third kappa shape index (κ3) is 4.18. The van der Waals surface area contributed by atoms with E-state index in [4.69, 9.17) is 16.3 Å². The molecule has 0 saturated carbocycles. The van der Waals surface area contributed by atoms with Gasteiger partial charge in [0.15, 0.2) is 0 Å². The van der Waals surface area contributed by atoms with Gasteiger partial charge in [0, 0.05) is 11.7 Å². The molecule has 0 atom stereocenters. The topological polar surface area (TPSA) is 21.3 Å². The Hall–Kier alpha value is -1.67. The monoisotopic (exact) mass is 275 g/mol. The molecule has 1 N–H and O–H groups in total. The second-order valence-corrected chi connectivity index (χ2v) is 5.13. The van der Waals surface area contributed by atoms with Crippen LogP contribution in [0.1, 0.15) is 19.4 Å². The van der Waals surface area contributed by atoms with Crippen molar-refractivity contribution in [3.05, 3.63) is 59.1 Å². The highest BCUT2D eigenvalue weighted by Crippen LogP contribution is 2.28. The molecule has 2 aromatic rings. The standard InChI is InChI=1S/C16H18ClNO/c1-12(2)18-14-8-9-16(15(17)10-14)19-11-13-6-4-3-5-7-13/h3-10,12,18H,11H2,1-2H3. The van der Waals surface area contributed by atoms with Crippen molar-refractivity contribution in [3.8, 4) is 5.75 Å². The van der Waals surface area contributed by atoms with Crippen molar-refractivity contribution in [2.24, 2.45) is 0 Å². The quantitative estimate of drug-likeness (QED) is 0.851. The second-order valence-electron chi connectivity index (χ2n) is 4.72. The number of halogens is 1. The Bertz CT molecular complexity index is 526. The van der Waals surface area contributed by atoms with E-state index in [1.807, 2.05) is 48.5 Å². The van der Waals surface area contributed by atoms with Gasteiger partial charge in [-0.15, -0.1) is 0 Å². The number of anilines is 1. The third-order valence-corrected chi connectivity index (χ3v) is 2.92. The van der Waals surface area contributed by atoms with Crippen LogP contribution in [-0.4, -0.2) is 6.04 Å². The molecule has 0 heterocycles. The van der Waals surface area contributed by atoms with Crippen LogP contribution < -0.4 is 10.1 Å². The molecule has 0 unspecified atom stereocenters. The Labute approximate surface area is 119 Å². The van der Waals surface area contributed by atoms with Gasteiger partial charge in [-0.3, -0.25) is 0 Å². The van der Waals surface area contributed by atoms with Gasteiger partial charge in [-0.25, -0.2) is 0 Å². The lowest BCUT2D eigenvalue weighted by molar-refractivity contribution is 0.306. The van der Waals surface area contributed by atoms with Gasteiger partial charge >= 0.3 is 0 Å². The number of rotatable bonds is 5. The molecule has 0 radical (unpaired) electrons. The summed E-state index contributed by atoms with van der Waals surface area (Å²) in [6.07, 6.45) is 0. The summed E-state index contributed by atoms with van der Waals surface area (Å²) in [7, 11) is 0. The molecule has 0 bridgehead atoms. The molecule has 2 aromatic carbocycles. The molecule has 3 heteroatoms. The zero-order chi connectivity index (χ0) is 13.7. The van der Waals surface area contributed by atoms with Crippen LogP contribution >= 0.6 is 11.6 Å². The van der Waals surface area contributed by atoms with Gasteiger partial charge in [0.05, 0.1) is 5.02 Å². The van der Waals surface area contributed by atoms with Crippen LogP contribution in [-0.2, 0) is 6.61 Å². The predicted molar refractivity (Wildman–Crippen MR) is 81.0 cm³/mol. The van der Waals surface area contributed by atoms with Crippen LogP contribution in [0.4, 0.5) is 5.69 Å². The maximum atomic E-state index is 6.21. The van der Waals surface area contributed by atoms with Crippen LogP contribution in [0.5, 0.6) is 5.75 Å².